The monoisotopic (exact) mass is 817 g/mol. The Balaban J connectivity index is 4.34. The van der Waals surface area contributed by atoms with Gasteiger partial charge in [-0.1, -0.05) is 170 Å². The van der Waals surface area contributed by atoms with Crippen molar-refractivity contribution >= 4 is 13.7 Å². The van der Waals surface area contributed by atoms with Gasteiger partial charge in [0.05, 0.1) is 39.9 Å². The van der Waals surface area contributed by atoms with Crippen LogP contribution >= 0.6 is 7.82 Å². The van der Waals surface area contributed by atoms with Crippen LogP contribution in [-0.2, 0) is 18.4 Å². The number of quaternary nitrogens is 1. The summed E-state index contributed by atoms with van der Waals surface area (Å²) in [6, 6.07) is -0.898. The molecule has 9 heteroatoms. The molecule has 0 radical (unpaired) electrons. The number of phosphoric ester groups is 1. The molecule has 57 heavy (non-hydrogen) atoms. The fourth-order valence-corrected chi connectivity index (χ4v) is 6.52. The van der Waals surface area contributed by atoms with Gasteiger partial charge in [-0.25, -0.2) is 0 Å². The molecule has 0 heterocycles. The molecule has 0 saturated heterocycles. The van der Waals surface area contributed by atoms with E-state index in [-0.39, 0.29) is 12.5 Å². The molecular weight excluding hydrogens is 732 g/mol. The maximum atomic E-state index is 12.8. The van der Waals surface area contributed by atoms with Gasteiger partial charge in [-0.05, 0) is 70.6 Å². The van der Waals surface area contributed by atoms with Crippen LogP contribution in [0.3, 0.4) is 0 Å². The molecule has 0 aromatic carbocycles. The normalized spacial score (nSPS) is 15.1. The van der Waals surface area contributed by atoms with Crippen LogP contribution < -0.4 is 10.2 Å². The number of hydrogen-bond donors (Lipinski definition) is 2. The molecule has 2 N–H and O–H groups in total. The van der Waals surface area contributed by atoms with Crippen LogP contribution in [-0.4, -0.2) is 68.5 Å². The van der Waals surface area contributed by atoms with Crippen molar-refractivity contribution in [2.24, 2.45) is 0 Å². The number of aliphatic hydroxyl groups excluding tert-OH is 1. The van der Waals surface area contributed by atoms with Crippen LogP contribution in [0.5, 0.6) is 0 Å². The summed E-state index contributed by atoms with van der Waals surface area (Å²) in [4.78, 5) is 25.3. The number of likely N-dealkylation sites (N-methyl/N-ethyl adjacent to an activating group) is 1. The zero-order chi connectivity index (χ0) is 42.1. The topological polar surface area (TPSA) is 108 Å². The molecule has 328 valence electrons. The van der Waals surface area contributed by atoms with Crippen LogP contribution in [0, 0.1) is 0 Å². The second kappa shape index (κ2) is 39.2. The van der Waals surface area contributed by atoms with Crippen molar-refractivity contribution in [2.45, 2.75) is 174 Å². The first kappa shape index (κ1) is 54.7. The van der Waals surface area contributed by atoms with Gasteiger partial charge in [-0.2, -0.15) is 0 Å². The lowest BCUT2D eigenvalue weighted by molar-refractivity contribution is -0.870. The van der Waals surface area contributed by atoms with Gasteiger partial charge in [-0.3, -0.25) is 9.36 Å². The van der Waals surface area contributed by atoms with Gasteiger partial charge in [0.1, 0.15) is 13.2 Å². The van der Waals surface area contributed by atoms with Crippen LogP contribution in [0.25, 0.3) is 0 Å². The smallest absolute Gasteiger partial charge is 0.268 e. The lowest BCUT2D eigenvalue weighted by Gasteiger charge is -2.29. The molecule has 1 amide bonds. The van der Waals surface area contributed by atoms with Crippen LogP contribution in [0.1, 0.15) is 162 Å². The van der Waals surface area contributed by atoms with Gasteiger partial charge in [0, 0.05) is 6.42 Å². The maximum absolute atomic E-state index is 12.8. The molecule has 0 rings (SSSR count). The van der Waals surface area contributed by atoms with Crippen molar-refractivity contribution in [3.63, 3.8) is 0 Å². The van der Waals surface area contributed by atoms with E-state index in [1.807, 2.05) is 27.2 Å². The zero-order valence-electron chi connectivity index (χ0n) is 37.0. The number of unbranched alkanes of at least 4 members (excludes halogenated alkanes) is 14. The summed E-state index contributed by atoms with van der Waals surface area (Å²) in [6.45, 7) is 4.47. The molecular formula is C48H85N2O6P. The highest BCUT2D eigenvalue weighted by molar-refractivity contribution is 7.45. The number of rotatable bonds is 39. The number of carbonyl (C=O) groups excluding carboxylic acids is 1. The van der Waals surface area contributed by atoms with Crippen LogP contribution in [0.15, 0.2) is 85.1 Å². The van der Waals surface area contributed by atoms with E-state index >= 15 is 0 Å². The molecule has 0 bridgehead atoms. The third-order valence-corrected chi connectivity index (χ3v) is 10.3. The Morgan fingerprint density at radius 3 is 1.56 bits per heavy atom. The summed E-state index contributed by atoms with van der Waals surface area (Å²) < 4.78 is 23.1. The Bertz CT molecular complexity index is 1200. The van der Waals surface area contributed by atoms with E-state index in [0.29, 0.717) is 17.4 Å². The number of aliphatic hydroxyl groups is 1. The molecule has 0 aliphatic carbocycles. The lowest BCUT2D eigenvalue weighted by atomic mass is 10.1. The summed E-state index contributed by atoms with van der Waals surface area (Å²) in [5.74, 6) is -0.219. The number of carbonyl (C=O) groups is 1. The molecule has 3 unspecified atom stereocenters. The summed E-state index contributed by atoms with van der Waals surface area (Å²) in [7, 11) is 1.23. The fraction of sp³-hybridized carbons (Fsp3) is 0.688. The standard InChI is InChI=1S/C48H85N2O6P/c1-6-8-10-12-14-16-18-19-20-21-22-23-24-25-26-27-28-29-30-31-32-34-36-38-40-42-48(52)49-46(45-56-57(53,54)55-44-43-50(3,4)5)47(51)41-39-37-35-33-17-15-13-11-9-7-2/h8,10,14,16,19-20,22-23,25-26,28-29,39,41,46-47,51H,6-7,9,11-13,15,17-18,21,24,27,30-38,40,42-45H2,1-5H3,(H-,49,52,53,54)/b10-8-,16-14-,20-19-,23-22-,26-25-,29-28-,41-39+. The largest absolute Gasteiger partial charge is 0.756 e. The Labute approximate surface area is 350 Å². The molecule has 0 saturated carbocycles. The number of allylic oxidation sites excluding steroid dienone is 13. The lowest BCUT2D eigenvalue weighted by Crippen LogP contribution is -2.45. The van der Waals surface area contributed by atoms with E-state index in [1.165, 1.54) is 44.9 Å². The van der Waals surface area contributed by atoms with Gasteiger partial charge in [0.2, 0.25) is 5.91 Å². The maximum Gasteiger partial charge on any atom is 0.268 e. The predicted octanol–water partition coefficient (Wildman–Crippen LogP) is 11.9. The van der Waals surface area contributed by atoms with Gasteiger partial charge in [0.25, 0.3) is 7.82 Å². The van der Waals surface area contributed by atoms with E-state index < -0.39 is 26.6 Å². The molecule has 3 atom stereocenters. The van der Waals surface area contributed by atoms with Gasteiger partial charge in [0.15, 0.2) is 0 Å². The van der Waals surface area contributed by atoms with Crippen molar-refractivity contribution in [2.75, 3.05) is 40.9 Å². The molecule has 8 nitrogen and oxygen atoms in total. The molecule has 0 aliphatic rings. The highest BCUT2D eigenvalue weighted by Gasteiger charge is 2.23. The summed E-state index contributed by atoms with van der Waals surface area (Å²) >= 11 is 0. The second-order valence-electron chi connectivity index (χ2n) is 16.0. The highest BCUT2D eigenvalue weighted by atomic mass is 31.2. The Kier molecular flexibility index (Phi) is 37.6. The van der Waals surface area contributed by atoms with Crippen molar-refractivity contribution in [3.8, 4) is 0 Å². The number of hydrogen-bond acceptors (Lipinski definition) is 6. The average molecular weight is 817 g/mol. The first-order chi connectivity index (χ1) is 27.5. The minimum absolute atomic E-state index is 0.00906. The molecule has 0 aliphatic heterocycles. The van der Waals surface area contributed by atoms with Crippen LogP contribution in [0.2, 0.25) is 0 Å². The predicted molar refractivity (Wildman–Crippen MR) is 242 cm³/mol. The fourth-order valence-electron chi connectivity index (χ4n) is 5.80. The number of phosphoric acid groups is 1. The summed E-state index contributed by atoms with van der Waals surface area (Å²) in [5, 5.41) is 13.7. The third-order valence-electron chi connectivity index (χ3n) is 9.36. The van der Waals surface area contributed by atoms with E-state index in [0.717, 1.165) is 96.3 Å². The molecule has 0 fully saturated rings. The summed E-state index contributed by atoms with van der Waals surface area (Å²) in [6.07, 6.45) is 53.5. The Morgan fingerprint density at radius 2 is 1.07 bits per heavy atom. The SMILES string of the molecule is CC/C=C\C/C=C\C/C=C\C/C=C\C/C=C\C/C=C\CCCCCCCCC(=O)NC(COP(=O)([O-])OCC[N+](C)(C)C)C(O)/C=C/CCCCCCCCCC. The van der Waals surface area contributed by atoms with Crippen molar-refractivity contribution in [1.29, 1.82) is 0 Å². The zero-order valence-corrected chi connectivity index (χ0v) is 37.9. The Hall–Kier alpha value is -2.32. The number of amides is 1. The van der Waals surface area contributed by atoms with Gasteiger partial charge >= 0.3 is 0 Å². The summed E-state index contributed by atoms with van der Waals surface area (Å²) in [5.41, 5.74) is 0. The third kappa shape index (κ3) is 41.6. The quantitative estimate of drug-likeness (QED) is 0.0277. The molecule has 0 aromatic rings. The van der Waals surface area contributed by atoms with Crippen molar-refractivity contribution in [3.05, 3.63) is 85.1 Å². The molecule has 0 spiro atoms. The van der Waals surface area contributed by atoms with Crippen LogP contribution in [0.4, 0.5) is 0 Å². The van der Waals surface area contributed by atoms with E-state index in [9.17, 15) is 19.4 Å². The highest BCUT2D eigenvalue weighted by Crippen LogP contribution is 2.38. The van der Waals surface area contributed by atoms with Gasteiger partial charge < -0.3 is 28.8 Å². The number of nitrogens with zero attached hydrogens (tertiary/aromatic N) is 1. The second-order valence-corrected chi connectivity index (χ2v) is 17.4. The van der Waals surface area contributed by atoms with E-state index in [1.54, 1.807) is 6.08 Å². The first-order valence-electron chi connectivity index (χ1n) is 22.4. The van der Waals surface area contributed by atoms with E-state index in [4.69, 9.17) is 9.05 Å². The van der Waals surface area contributed by atoms with Crippen molar-refractivity contribution < 1.29 is 32.9 Å². The first-order valence-corrected chi connectivity index (χ1v) is 23.9. The van der Waals surface area contributed by atoms with Gasteiger partial charge in [-0.15, -0.1) is 0 Å². The Morgan fingerprint density at radius 1 is 0.632 bits per heavy atom. The minimum atomic E-state index is -4.59. The molecule has 0 aromatic heterocycles. The van der Waals surface area contributed by atoms with E-state index in [2.05, 4.69) is 92.1 Å². The number of nitrogens with one attached hydrogen (secondary N) is 1. The average Bonchev–Trinajstić information content (AvgIpc) is 3.16. The van der Waals surface area contributed by atoms with Crippen molar-refractivity contribution in [1.82, 2.24) is 5.32 Å². The minimum Gasteiger partial charge on any atom is -0.756 e.